The number of hydrogen-bond acceptors (Lipinski definition) is 1. The maximum Gasteiger partial charge on any atom is 0.229 e. The van der Waals surface area contributed by atoms with Crippen molar-refractivity contribution >= 4 is 11.6 Å². The van der Waals surface area contributed by atoms with Gasteiger partial charge in [0.25, 0.3) is 0 Å². The van der Waals surface area contributed by atoms with E-state index in [1.165, 1.54) is 0 Å². The number of anilines is 1. The first kappa shape index (κ1) is 12.1. The van der Waals surface area contributed by atoms with Crippen molar-refractivity contribution < 1.29 is 4.79 Å². The molecule has 1 N–H and O–H groups in total. The lowest BCUT2D eigenvalue weighted by atomic mass is 9.91. The summed E-state index contributed by atoms with van der Waals surface area (Å²) in [5, 5.41) is 7.34. The second kappa shape index (κ2) is 5.82. The summed E-state index contributed by atoms with van der Waals surface area (Å²) < 4.78 is 0. The van der Waals surface area contributed by atoms with Crippen molar-refractivity contribution in [3.8, 4) is 0 Å². The number of nitrogens with one attached hydrogen (secondary N) is 1. The van der Waals surface area contributed by atoms with Gasteiger partial charge in [-0.15, -0.1) is 0 Å². The number of amides is 1. The minimum absolute atomic E-state index is 0.0650. The van der Waals surface area contributed by atoms with Gasteiger partial charge in [0.2, 0.25) is 5.91 Å². The average Bonchev–Trinajstić information content (AvgIpc) is 2.79. The molecule has 2 rings (SSSR count). The van der Waals surface area contributed by atoms with Crippen molar-refractivity contribution in [2.45, 2.75) is 19.8 Å². The largest absolute Gasteiger partial charge is 0.326 e. The quantitative estimate of drug-likeness (QED) is 0.848. The second-order valence-corrected chi connectivity index (χ2v) is 4.60. The lowest BCUT2D eigenvalue weighted by Gasteiger charge is -2.17. The number of nitrogens with zero attached hydrogens (tertiary/aromatic N) is 1. The van der Waals surface area contributed by atoms with E-state index in [9.17, 15) is 4.79 Å². The van der Waals surface area contributed by atoms with E-state index in [2.05, 4.69) is 17.6 Å². The first-order valence-electron chi connectivity index (χ1n) is 6.30. The Kier molecular flexibility index (Phi) is 4.15. The van der Waals surface area contributed by atoms with Gasteiger partial charge >= 0.3 is 0 Å². The number of carbonyl (C=O) groups is 1. The predicted octanol–water partition coefficient (Wildman–Crippen LogP) is 2.28. The Morgan fingerprint density at radius 3 is 2.82 bits per heavy atom. The summed E-state index contributed by atoms with van der Waals surface area (Å²) >= 11 is 0. The van der Waals surface area contributed by atoms with Crippen LogP contribution in [0.5, 0.6) is 0 Å². The van der Waals surface area contributed by atoms with Crippen molar-refractivity contribution in [3.05, 3.63) is 30.3 Å². The molecule has 17 heavy (non-hydrogen) atoms. The highest BCUT2D eigenvalue weighted by molar-refractivity contribution is 5.93. The first-order chi connectivity index (χ1) is 8.31. The minimum atomic E-state index is 0.0650. The summed E-state index contributed by atoms with van der Waals surface area (Å²) in [4.78, 5) is 12.1. The fourth-order valence-corrected chi connectivity index (χ4v) is 2.37. The van der Waals surface area contributed by atoms with Gasteiger partial charge in [-0.25, -0.2) is 5.32 Å². The van der Waals surface area contributed by atoms with Gasteiger partial charge < -0.3 is 5.32 Å². The van der Waals surface area contributed by atoms with Crippen molar-refractivity contribution in [1.82, 2.24) is 5.32 Å². The van der Waals surface area contributed by atoms with Crippen LogP contribution in [-0.2, 0) is 4.79 Å². The molecule has 0 spiro atoms. The Labute approximate surface area is 103 Å². The smallest absolute Gasteiger partial charge is 0.229 e. The molecule has 2 atom stereocenters. The molecule has 3 heteroatoms. The van der Waals surface area contributed by atoms with Crippen LogP contribution in [0.4, 0.5) is 5.69 Å². The predicted molar refractivity (Wildman–Crippen MR) is 68.8 cm³/mol. The maximum atomic E-state index is 12.1. The molecule has 1 radical (unpaired) electrons. The van der Waals surface area contributed by atoms with Gasteiger partial charge in [-0.1, -0.05) is 31.5 Å². The molecule has 0 aromatic heterocycles. The molecule has 1 aliphatic heterocycles. The Bertz CT molecular complexity index is 364. The number of para-hydroxylation sites is 1. The van der Waals surface area contributed by atoms with E-state index in [-0.39, 0.29) is 11.8 Å². The van der Waals surface area contributed by atoms with Crippen LogP contribution in [-0.4, -0.2) is 19.0 Å². The molecule has 1 saturated heterocycles. The van der Waals surface area contributed by atoms with Gasteiger partial charge in [0, 0.05) is 18.8 Å². The third-order valence-electron chi connectivity index (χ3n) is 3.30. The third kappa shape index (κ3) is 3.07. The average molecular weight is 231 g/mol. The van der Waals surface area contributed by atoms with Gasteiger partial charge in [0.05, 0.1) is 5.92 Å². The molecule has 2 unspecified atom stereocenters. The summed E-state index contributed by atoms with van der Waals surface area (Å²) in [6.45, 7) is 3.69. The number of hydrogen-bond donors (Lipinski definition) is 1. The third-order valence-corrected chi connectivity index (χ3v) is 3.30. The summed E-state index contributed by atoms with van der Waals surface area (Å²) in [5.74, 6) is 0.620. The molecule has 1 aromatic carbocycles. The lowest BCUT2D eigenvalue weighted by molar-refractivity contribution is -0.120. The molecule has 0 aliphatic carbocycles. The molecular weight excluding hydrogens is 212 g/mol. The van der Waals surface area contributed by atoms with Gasteiger partial charge in [0.1, 0.15) is 0 Å². The van der Waals surface area contributed by atoms with E-state index in [0.717, 1.165) is 25.1 Å². The van der Waals surface area contributed by atoms with Crippen LogP contribution in [0.15, 0.2) is 30.3 Å². The molecule has 1 amide bonds. The van der Waals surface area contributed by atoms with Crippen molar-refractivity contribution in [2.24, 2.45) is 11.8 Å². The normalized spacial score (nSPS) is 23.6. The molecule has 1 fully saturated rings. The molecule has 0 saturated carbocycles. The SMILES string of the molecule is CCCC1C[N]CC1C(=O)Nc1ccccc1. The van der Waals surface area contributed by atoms with Crippen LogP contribution in [0, 0.1) is 11.8 Å². The number of benzene rings is 1. The standard InChI is InChI=1S/C14H19N2O/c1-2-6-11-9-15-10-13(11)14(17)16-12-7-4-3-5-8-12/h3-5,7-8,11,13H,2,6,9-10H2,1H3,(H,16,17). The molecular formula is C14H19N2O. The van der Waals surface area contributed by atoms with E-state index in [0.29, 0.717) is 12.5 Å². The molecule has 91 valence electrons. The van der Waals surface area contributed by atoms with Crippen molar-refractivity contribution in [3.63, 3.8) is 0 Å². The van der Waals surface area contributed by atoms with Crippen LogP contribution in [0.25, 0.3) is 0 Å². The van der Waals surface area contributed by atoms with Crippen LogP contribution in [0.1, 0.15) is 19.8 Å². The summed E-state index contributed by atoms with van der Waals surface area (Å²) in [7, 11) is 0. The number of carbonyl (C=O) groups excluding carboxylic acids is 1. The van der Waals surface area contributed by atoms with Crippen LogP contribution in [0.3, 0.4) is 0 Å². The molecule has 3 nitrogen and oxygen atoms in total. The van der Waals surface area contributed by atoms with Gasteiger partial charge in [-0.2, -0.15) is 0 Å². The highest BCUT2D eigenvalue weighted by atomic mass is 16.1. The van der Waals surface area contributed by atoms with Crippen LogP contribution >= 0.6 is 0 Å². The second-order valence-electron chi connectivity index (χ2n) is 4.60. The molecule has 1 heterocycles. The monoisotopic (exact) mass is 231 g/mol. The maximum absolute atomic E-state index is 12.1. The molecule has 1 aromatic rings. The topological polar surface area (TPSA) is 43.2 Å². The van der Waals surface area contributed by atoms with Gasteiger partial charge in [-0.3, -0.25) is 4.79 Å². The van der Waals surface area contributed by atoms with Gasteiger partial charge in [-0.05, 0) is 24.5 Å². The summed E-state index contributed by atoms with van der Waals surface area (Å²) in [5.41, 5.74) is 0.875. The zero-order valence-corrected chi connectivity index (χ0v) is 10.2. The molecule has 1 aliphatic rings. The van der Waals surface area contributed by atoms with Crippen molar-refractivity contribution in [1.29, 1.82) is 0 Å². The fourth-order valence-electron chi connectivity index (χ4n) is 2.37. The number of rotatable bonds is 4. The van der Waals surface area contributed by atoms with E-state index in [1.807, 2.05) is 30.3 Å². The Morgan fingerprint density at radius 2 is 2.12 bits per heavy atom. The molecule has 0 bridgehead atoms. The fraction of sp³-hybridized carbons (Fsp3) is 0.500. The van der Waals surface area contributed by atoms with E-state index in [1.54, 1.807) is 0 Å². The zero-order chi connectivity index (χ0) is 12.1. The highest BCUT2D eigenvalue weighted by Gasteiger charge is 2.32. The van der Waals surface area contributed by atoms with Crippen molar-refractivity contribution in [2.75, 3.05) is 18.4 Å². The van der Waals surface area contributed by atoms with Crippen LogP contribution < -0.4 is 10.6 Å². The van der Waals surface area contributed by atoms with Gasteiger partial charge in [0.15, 0.2) is 0 Å². The minimum Gasteiger partial charge on any atom is -0.326 e. The lowest BCUT2D eigenvalue weighted by Crippen LogP contribution is -2.28. The zero-order valence-electron chi connectivity index (χ0n) is 10.2. The summed E-state index contributed by atoms with van der Waals surface area (Å²) in [6, 6.07) is 9.63. The summed E-state index contributed by atoms with van der Waals surface area (Å²) in [6.07, 6.45) is 2.21. The highest BCUT2D eigenvalue weighted by Crippen LogP contribution is 2.24. The first-order valence-corrected chi connectivity index (χ1v) is 6.30. The Hall–Kier alpha value is -1.35. The van der Waals surface area contributed by atoms with E-state index in [4.69, 9.17) is 0 Å². The van der Waals surface area contributed by atoms with E-state index < -0.39 is 0 Å². The Morgan fingerprint density at radius 1 is 1.35 bits per heavy atom. The van der Waals surface area contributed by atoms with Crippen LogP contribution in [0.2, 0.25) is 0 Å². The van der Waals surface area contributed by atoms with E-state index >= 15 is 0 Å². The Balaban J connectivity index is 1.95.